The van der Waals surface area contributed by atoms with Crippen LogP contribution in [0.1, 0.15) is 17.2 Å². The van der Waals surface area contributed by atoms with Crippen LogP contribution in [-0.4, -0.2) is 22.4 Å². The Labute approximate surface area is 125 Å². The summed E-state index contributed by atoms with van der Waals surface area (Å²) in [4.78, 5) is 0. The molecule has 0 radical (unpaired) electrons. The zero-order valence-corrected chi connectivity index (χ0v) is 11.8. The lowest BCUT2D eigenvalue weighted by atomic mass is 10.0. The lowest BCUT2D eigenvalue weighted by Gasteiger charge is -2.25. The lowest BCUT2D eigenvalue weighted by molar-refractivity contribution is -0.0765. The summed E-state index contributed by atoms with van der Waals surface area (Å²) in [5.41, 5.74) is 1.66. The molecular weight excluding hydrogens is 264 g/mol. The summed E-state index contributed by atoms with van der Waals surface area (Å²) in [6.07, 6.45) is -1.20. The third-order valence-electron chi connectivity index (χ3n) is 3.32. The number of hydrogen-bond donors (Lipinski definition) is 2. The molecule has 2 rings (SSSR count). The number of hydrogen-bond acceptors (Lipinski definition) is 3. The molecule has 21 heavy (non-hydrogen) atoms. The third kappa shape index (κ3) is 4.26. The molecule has 0 amide bonds. The van der Waals surface area contributed by atoms with Crippen molar-refractivity contribution in [1.29, 1.82) is 0 Å². The van der Waals surface area contributed by atoms with Crippen molar-refractivity contribution in [3.63, 3.8) is 0 Å². The van der Waals surface area contributed by atoms with Gasteiger partial charge in [-0.15, -0.1) is 6.58 Å². The fraction of sp³-hybridized carbons (Fsp3) is 0.222. The Morgan fingerprint density at radius 3 is 2.10 bits per heavy atom. The monoisotopic (exact) mass is 284 g/mol. The van der Waals surface area contributed by atoms with Crippen LogP contribution in [0.3, 0.4) is 0 Å². The average Bonchev–Trinajstić information content (AvgIpc) is 2.56. The van der Waals surface area contributed by atoms with E-state index in [4.69, 9.17) is 4.74 Å². The average molecular weight is 284 g/mol. The smallest absolute Gasteiger partial charge is 0.114 e. The van der Waals surface area contributed by atoms with Gasteiger partial charge in [-0.1, -0.05) is 66.7 Å². The Morgan fingerprint density at radius 1 is 0.952 bits per heavy atom. The first-order chi connectivity index (χ1) is 10.2. The molecule has 0 bridgehead atoms. The summed E-state index contributed by atoms with van der Waals surface area (Å²) < 4.78 is 5.65. The molecule has 2 N–H and O–H groups in total. The van der Waals surface area contributed by atoms with Crippen LogP contribution in [0.15, 0.2) is 73.3 Å². The van der Waals surface area contributed by atoms with E-state index in [1.807, 2.05) is 48.5 Å². The molecular formula is C18H20O3. The van der Waals surface area contributed by atoms with Crippen LogP contribution in [0.4, 0.5) is 0 Å². The van der Waals surface area contributed by atoms with Crippen molar-refractivity contribution in [3.8, 4) is 0 Å². The maximum atomic E-state index is 10.3. The van der Waals surface area contributed by atoms with Crippen LogP contribution < -0.4 is 0 Å². The molecule has 3 atom stereocenters. The second kappa shape index (κ2) is 7.74. The summed E-state index contributed by atoms with van der Waals surface area (Å²) in [5.74, 6) is 0. The van der Waals surface area contributed by atoms with E-state index in [0.29, 0.717) is 12.2 Å². The zero-order chi connectivity index (χ0) is 15.1. The summed E-state index contributed by atoms with van der Waals surface area (Å²) in [6, 6.07) is 18.7. The summed E-state index contributed by atoms with van der Waals surface area (Å²) >= 11 is 0. The summed E-state index contributed by atoms with van der Waals surface area (Å²) in [7, 11) is 0. The van der Waals surface area contributed by atoms with Crippen molar-refractivity contribution in [3.05, 3.63) is 84.4 Å². The molecule has 0 spiro atoms. The van der Waals surface area contributed by atoms with Crippen LogP contribution in [-0.2, 0) is 11.3 Å². The largest absolute Gasteiger partial charge is 0.387 e. The molecule has 2 aromatic carbocycles. The van der Waals surface area contributed by atoms with Crippen molar-refractivity contribution in [2.45, 2.75) is 24.9 Å². The Bertz CT molecular complexity index is 539. The van der Waals surface area contributed by atoms with Crippen molar-refractivity contribution >= 4 is 0 Å². The van der Waals surface area contributed by atoms with Gasteiger partial charge in [0.15, 0.2) is 0 Å². The number of ether oxygens (including phenoxy) is 1. The SMILES string of the molecule is C=C[C@H](OCc1ccccc1)[C@@H](O)[C@H](O)c1ccccc1. The molecule has 3 nitrogen and oxygen atoms in total. The van der Waals surface area contributed by atoms with E-state index < -0.39 is 18.3 Å². The van der Waals surface area contributed by atoms with Crippen LogP contribution >= 0.6 is 0 Å². The first-order valence-electron chi connectivity index (χ1n) is 6.91. The lowest BCUT2D eigenvalue weighted by Crippen LogP contribution is -2.32. The molecule has 0 saturated carbocycles. The van der Waals surface area contributed by atoms with Gasteiger partial charge in [0.25, 0.3) is 0 Å². The molecule has 0 fully saturated rings. The van der Waals surface area contributed by atoms with Crippen molar-refractivity contribution in [2.24, 2.45) is 0 Å². The van der Waals surface area contributed by atoms with E-state index in [1.165, 1.54) is 6.08 Å². The Kier molecular flexibility index (Phi) is 5.69. The fourth-order valence-electron chi connectivity index (χ4n) is 2.10. The molecule has 0 heterocycles. The maximum absolute atomic E-state index is 10.3. The Morgan fingerprint density at radius 2 is 1.52 bits per heavy atom. The van der Waals surface area contributed by atoms with Gasteiger partial charge in [0.1, 0.15) is 18.3 Å². The van der Waals surface area contributed by atoms with Crippen LogP contribution in [0.2, 0.25) is 0 Å². The standard InChI is InChI=1S/C18H20O3/c1-2-16(21-13-14-9-5-3-6-10-14)18(20)17(19)15-11-7-4-8-12-15/h2-12,16-20H,1,13H2/t16-,17+,18+/m0/s1. The van der Waals surface area contributed by atoms with Gasteiger partial charge in [-0.25, -0.2) is 0 Å². The van der Waals surface area contributed by atoms with Crippen LogP contribution in [0.25, 0.3) is 0 Å². The van der Waals surface area contributed by atoms with Gasteiger partial charge >= 0.3 is 0 Å². The first kappa shape index (κ1) is 15.4. The highest BCUT2D eigenvalue weighted by Gasteiger charge is 2.26. The van der Waals surface area contributed by atoms with Crippen molar-refractivity contribution in [1.82, 2.24) is 0 Å². The highest BCUT2D eigenvalue weighted by molar-refractivity contribution is 5.19. The molecule has 0 aromatic heterocycles. The molecule has 2 aromatic rings. The quantitative estimate of drug-likeness (QED) is 0.769. The fourth-order valence-corrected chi connectivity index (χ4v) is 2.10. The van der Waals surface area contributed by atoms with Crippen molar-refractivity contribution in [2.75, 3.05) is 0 Å². The van der Waals surface area contributed by atoms with Gasteiger partial charge < -0.3 is 14.9 Å². The minimum atomic E-state index is -1.06. The van der Waals surface area contributed by atoms with Crippen molar-refractivity contribution < 1.29 is 14.9 Å². The number of aliphatic hydroxyl groups is 2. The van der Waals surface area contributed by atoms with Gasteiger partial charge in [0, 0.05) is 0 Å². The molecule has 0 saturated heterocycles. The number of rotatable bonds is 7. The molecule has 110 valence electrons. The number of aliphatic hydroxyl groups excluding tert-OH is 2. The van der Waals surface area contributed by atoms with Gasteiger partial charge in [-0.2, -0.15) is 0 Å². The topological polar surface area (TPSA) is 49.7 Å². The summed E-state index contributed by atoms with van der Waals surface area (Å²) in [6.45, 7) is 4.03. The van der Waals surface area contributed by atoms with E-state index in [9.17, 15) is 10.2 Å². The van der Waals surface area contributed by atoms with E-state index in [0.717, 1.165) is 5.56 Å². The van der Waals surface area contributed by atoms with Crippen LogP contribution in [0.5, 0.6) is 0 Å². The maximum Gasteiger partial charge on any atom is 0.114 e. The molecule has 3 heteroatoms. The predicted octanol–water partition coefficient (Wildman–Crippen LogP) is 2.85. The van der Waals surface area contributed by atoms with Gasteiger partial charge in [-0.05, 0) is 11.1 Å². The minimum Gasteiger partial charge on any atom is -0.387 e. The van der Waals surface area contributed by atoms with E-state index >= 15 is 0 Å². The van der Waals surface area contributed by atoms with E-state index in [2.05, 4.69) is 6.58 Å². The van der Waals surface area contributed by atoms with Gasteiger partial charge in [0.2, 0.25) is 0 Å². The first-order valence-corrected chi connectivity index (χ1v) is 6.91. The summed E-state index contributed by atoms with van der Waals surface area (Å²) in [5, 5.41) is 20.5. The molecule has 0 aliphatic rings. The normalized spacial score (nSPS) is 15.1. The highest BCUT2D eigenvalue weighted by Crippen LogP contribution is 2.21. The Balaban J connectivity index is 1.98. The van der Waals surface area contributed by atoms with E-state index in [-0.39, 0.29) is 0 Å². The number of benzene rings is 2. The predicted molar refractivity (Wildman–Crippen MR) is 82.6 cm³/mol. The van der Waals surface area contributed by atoms with Gasteiger partial charge in [0.05, 0.1) is 6.61 Å². The highest BCUT2D eigenvalue weighted by atomic mass is 16.5. The second-order valence-corrected chi connectivity index (χ2v) is 4.84. The van der Waals surface area contributed by atoms with Gasteiger partial charge in [-0.3, -0.25) is 0 Å². The minimum absolute atomic E-state index is 0.357. The Hall–Kier alpha value is -1.94. The zero-order valence-electron chi connectivity index (χ0n) is 11.8. The van der Waals surface area contributed by atoms with Crippen LogP contribution in [0, 0.1) is 0 Å². The third-order valence-corrected chi connectivity index (χ3v) is 3.32. The van der Waals surface area contributed by atoms with E-state index in [1.54, 1.807) is 12.1 Å². The second-order valence-electron chi connectivity index (χ2n) is 4.84. The molecule has 0 aliphatic heterocycles. The molecule has 0 aliphatic carbocycles. The molecule has 0 unspecified atom stereocenters.